The molecule has 6 nitrogen and oxygen atoms in total. The van der Waals surface area contributed by atoms with Gasteiger partial charge in [-0.1, -0.05) is 18.5 Å². The Morgan fingerprint density at radius 2 is 1.96 bits per heavy atom. The molecule has 1 aliphatic rings. The number of rotatable bonds is 4. The van der Waals surface area contributed by atoms with Crippen molar-refractivity contribution in [3.8, 4) is 0 Å². The normalized spacial score (nSPS) is 15.2. The van der Waals surface area contributed by atoms with Crippen LogP contribution in [0.15, 0.2) is 30.6 Å². The first-order chi connectivity index (χ1) is 12.1. The van der Waals surface area contributed by atoms with E-state index in [0.29, 0.717) is 16.5 Å². The highest BCUT2D eigenvalue weighted by Gasteiger charge is 2.22. The van der Waals surface area contributed by atoms with Crippen molar-refractivity contribution in [3.05, 3.63) is 46.9 Å². The largest absolute Gasteiger partial charge is 0.339 e. The Balaban J connectivity index is 1.64. The number of anilines is 2. The van der Waals surface area contributed by atoms with Crippen LogP contribution in [0.25, 0.3) is 0 Å². The highest BCUT2D eigenvalue weighted by Crippen LogP contribution is 2.22. The highest BCUT2D eigenvalue weighted by molar-refractivity contribution is 6.30. The maximum atomic E-state index is 12.5. The summed E-state index contributed by atoms with van der Waals surface area (Å²) in [6.07, 6.45) is 3.12. The third-order valence-electron chi connectivity index (χ3n) is 4.43. The molecule has 0 unspecified atom stereocenters. The number of aryl methyl sites for hydroxylation is 1. The monoisotopic (exact) mass is 359 g/mol. The molecule has 25 heavy (non-hydrogen) atoms. The van der Waals surface area contributed by atoms with Crippen LogP contribution in [0.5, 0.6) is 0 Å². The maximum absolute atomic E-state index is 12.5. The van der Waals surface area contributed by atoms with Crippen LogP contribution in [-0.2, 0) is 0 Å². The summed E-state index contributed by atoms with van der Waals surface area (Å²) in [5.41, 5.74) is 2.31. The molecule has 1 amide bonds. The zero-order valence-corrected chi connectivity index (χ0v) is 15.3. The standard InChI is InChI=1S/C18H22ClN5O/c1-3-23-6-8-24(9-7-23)18(25)16-11-21-17(12-20-16)22-15-5-4-14(19)10-13(15)2/h4-5,10-12H,3,6-9H2,1-2H3,(H,21,22). The Hall–Kier alpha value is -2.18. The summed E-state index contributed by atoms with van der Waals surface area (Å²) < 4.78 is 0. The molecule has 1 fully saturated rings. The number of piperazine rings is 1. The first kappa shape index (κ1) is 17.6. The van der Waals surface area contributed by atoms with Gasteiger partial charge in [0.15, 0.2) is 0 Å². The zero-order valence-electron chi connectivity index (χ0n) is 14.5. The molecule has 1 aliphatic heterocycles. The SMILES string of the molecule is CCN1CCN(C(=O)c2cnc(Nc3ccc(Cl)cc3C)cn2)CC1. The fraction of sp³-hybridized carbons (Fsp3) is 0.389. The van der Waals surface area contributed by atoms with E-state index in [2.05, 4.69) is 27.1 Å². The molecule has 3 rings (SSSR count). The molecule has 0 saturated carbocycles. The number of halogens is 1. The smallest absolute Gasteiger partial charge is 0.274 e. The molecule has 0 atom stereocenters. The third kappa shape index (κ3) is 4.27. The lowest BCUT2D eigenvalue weighted by Crippen LogP contribution is -2.48. The number of aromatic nitrogens is 2. The van der Waals surface area contributed by atoms with Crippen molar-refractivity contribution in [1.82, 2.24) is 19.8 Å². The van der Waals surface area contributed by atoms with Crippen LogP contribution in [-0.4, -0.2) is 58.4 Å². The van der Waals surface area contributed by atoms with E-state index < -0.39 is 0 Å². The van der Waals surface area contributed by atoms with Crippen molar-refractivity contribution in [2.75, 3.05) is 38.0 Å². The number of likely N-dealkylation sites (N-methyl/N-ethyl adjacent to an activating group) is 1. The van der Waals surface area contributed by atoms with Gasteiger partial charge in [0.25, 0.3) is 5.91 Å². The molecule has 7 heteroatoms. The molecule has 2 aromatic rings. The summed E-state index contributed by atoms with van der Waals surface area (Å²) in [5, 5.41) is 3.89. The highest BCUT2D eigenvalue weighted by atomic mass is 35.5. The molecule has 1 aromatic heterocycles. The number of amides is 1. The summed E-state index contributed by atoms with van der Waals surface area (Å²) in [6.45, 7) is 8.41. The van der Waals surface area contributed by atoms with Gasteiger partial charge in [-0.15, -0.1) is 0 Å². The number of nitrogens with zero attached hydrogens (tertiary/aromatic N) is 4. The van der Waals surface area contributed by atoms with Gasteiger partial charge < -0.3 is 15.1 Å². The van der Waals surface area contributed by atoms with Gasteiger partial charge in [-0.05, 0) is 37.2 Å². The maximum Gasteiger partial charge on any atom is 0.274 e. The molecule has 0 spiro atoms. The third-order valence-corrected chi connectivity index (χ3v) is 4.66. The Morgan fingerprint density at radius 3 is 2.56 bits per heavy atom. The van der Waals surface area contributed by atoms with Crippen molar-refractivity contribution < 1.29 is 4.79 Å². The van der Waals surface area contributed by atoms with E-state index in [1.54, 1.807) is 6.20 Å². The first-order valence-corrected chi connectivity index (χ1v) is 8.81. The van der Waals surface area contributed by atoms with Crippen LogP contribution < -0.4 is 5.32 Å². The van der Waals surface area contributed by atoms with Crippen molar-refractivity contribution in [3.63, 3.8) is 0 Å². The molecule has 0 aliphatic carbocycles. The number of hydrogen-bond donors (Lipinski definition) is 1. The minimum absolute atomic E-state index is 0.0579. The van der Waals surface area contributed by atoms with Crippen LogP contribution in [0.1, 0.15) is 23.0 Å². The van der Waals surface area contributed by atoms with Crippen LogP contribution in [0.2, 0.25) is 5.02 Å². The summed E-state index contributed by atoms with van der Waals surface area (Å²) in [6, 6.07) is 5.59. The molecular formula is C18H22ClN5O. The van der Waals surface area contributed by atoms with Gasteiger partial charge in [0.05, 0.1) is 12.4 Å². The van der Waals surface area contributed by atoms with E-state index in [9.17, 15) is 4.79 Å². The van der Waals surface area contributed by atoms with E-state index in [4.69, 9.17) is 11.6 Å². The lowest BCUT2D eigenvalue weighted by atomic mass is 10.2. The molecular weight excluding hydrogens is 338 g/mol. The molecule has 1 N–H and O–H groups in total. The molecule has 2 heterocycles. The van der Waals surface area contributed by atoms with Gasteiger partial charge in [-0.2, -0.15) is 0 Å². The fourth-order valence-corrected chi connectivity index (χ4v) is 3.06. The zero-order chi connectivity index (χ0) is 17.8. The van der Waals surface area contributed by atoms with Gasteiger partial charge in [0, 0.05) is 36.9 Å². The minimum atomic E-state index is -0.0579. The molecule has 0 bridgehead atoms. The molecule has 0 radical (unpaired) electrons. The van der Waals surface area contributed by atoms with Gasteiger partial charge in [-0.3, -0.25) is 4.79 Å². The van der Waals surface area contributed by atoms with E-state index in [0.717, 1.165) is 44.0 Å². The lowest BCUT2D eigenvalue weighted by molar-refractivity contribution is 0.0637. The van der Waals surface area contributed by atoms with E-state index >= 15 is 0 Å². The van der Waals surface area contributed by atoms with Crippen LogP contribution in [0, 0.1) is 6.92 Å². The topological polar surface area (TPSA) is 61.4 Å². The Morgan fingerprint density at radius 1 is 1.20 bits per heavy atom. The summed E-state index contributed by atoms with van der Waals surface area (Å²) in [4.78, 5) is 25.3. The number of benzene rings is 1. The number of nitrogens with one attached hydrogen (secondary N) is 1. The average Bonchev–Trinajstić information content (AvgIpc) is 2.64. The second kappa shape index (κ2) is 7.80. The van der Waals surface area contributed by atoms with Crippen molar-refractivity contribution >= 4 is 29.0 Å². The van der Waals surface area contributed by atoms with Crippen LogP contribution in [0.3, 0.4) is 0 Å². The predicted molar refractivity (Wildman–Crippen MR) is 99.5 cm³/mol. The average molecular weight is 360 g/mol. The minimum Gasteiger partial charge on any atom is -0.339 e. The van der Waals surface area contributed by atoms with E-state index in [-0.39, 0.29) is 5.91 Å². The van der Waals surface area contributed by atoms with Crippen LogP contribution >= 0.6 is 11.6 Å². The summed E-state index contributed by atoms with van der Waals surface area (Å²) in [7, 11) is 0. The quantitative estimate of drug-likeness (QED) is 0.909. The molecule has 1 saturated heterocycles. The van der Waals surface area contributed by atoms with Gasteiger partial charge >= 0.3 is 0 Å². The number of hydrogen-bond acceptors (Lipinski definition) is 5. The fourth-order valence-electron chi connectivity index (χ4n) is 2.84. The van der Waals surface area contributed by atoms with Gasteiger partial charge in [0.2, 0.25) is 0 Å². The Bertz CT molecular complexity index is 742. The predicted octanol–water partition coefficient (Wildman–Crippen LogP) is 2.96. The van der Waals surface area contributed by atoms with E-state index in [1.807, 2.05) is 30.0 Å². The summed E-state index contributed by atoms with van der Waals surface area (Å²) >= 11 is 5.97. The van der Waals surface area contributed by atoms with Gasteiger partial charge in [-0.25, -0.2) is 9.97 Å². The van der Waals surface area contributed by atoms with E-state index in [1.165, 1.54) is 6.20 Å². The van der Waals surface area contributed by atoms with Gasteiger partial charge in [0.1, 0.15) is 11.5 Å². The molecule has 1 aromatic carbocycles. The van der Waals surface area contributed by atoms with Crippen molar-refractivity contribution in [1.29, 1.82) is 0 Å². The van der Waals surface area contributed by atoms with Crippen LogP contribution in [0.4, 0.5) is 11.5 Å². The Kier molecular flexibility index (Phi) is 5.50. The van der Waals surface area contributed by atoms with Crippen molar-refractivity contribution in [2.45, 2.75) is 13.8 Å². The lowest BCUT2D eigenvalue weighted by Gasteiger charge is -2.33. The second-order valence-electron chi connectivity index (χ2n) is 6.10. The number of carbonyl (C=O) groups is 1. The molecule has 132 valence electrons. The van der Waals surface area contributed by atoms with Crippen molar-refractivity contribution in [2.24, 2.45) is 0 Å². The second-order valence-corrected chi connectivity index (χ2v) is 6.53. The first-order valence-electron chi connectivity index (χ1n) is 8.43. The Labute approximate surface area is 152 Å². The summed E-state index contributed by atoms with van der Waals surface area (Å²) in [5.74, 6) is 0.537. The number of carbonyl (C=O) groups excluding carboxylic acids is 1.